The molecule has 0 spiro atoms. The molecule has 0 unspecified atom stereocenters. The van der Waals surface area contributed by atoms with Crippen molar-refractivity contribution in [2.24, 2.45) is 0 Å². The largest absolute Gasteiger partial charge is 0.375 e. The van der Waals surface area contributed by atoms with Gasteiger partial charge in [-0.2, -0.15) is 0 Å². The van der Waals surface area contributed by atoms with Crippen molar-refractivity contribution >= 4 is 32.2 Å². The zero-order valence-corrected chi connectivity index (χ0v) is 13.0. The van der Waals surface area contributed by atoms with Crippen LogP contribution in [0.1, 0.15) is 24.6 Å². The lowest BCUT2D eigenvalue weighted by Crippen LogP contribution is -2.12. The molecular weight excluding hydrogens is 294 g/mol. The summed E-state index contributed by atoms with van der Waals surface area (Å²) in [6.45, 7) is 3.74. The number of hydrogen-bond acceptors (Lipinski definition) is 5. The topological polar surface area (TPSA) is 85.1 Å². The Balaban J connectivity index is 2.22. The molecular formula is C13H17N3O2S2. The Morgan fingerprint density at radius 2 is 1.95 bits per heavy atom. The highest BCUT2D eigenvalue weighted by Crippen LogP contribution is 2.27. The van der Waals surface area contributed by atoms with E-state index < -0.39 is 10.0 Å². The second kappa shape index (κ2) is 5.80. The van der Waals surface area contributed by atoms with Gasteiger partial charge >= 0.3 is 0 Å². The van der Waals surface area contributed by atoms with E-state index in [9.17, 15) is 8.42 Å². The van der Waals surface area contributed by atoms with E-state index >= 15 is 0 Å². The molecule has 5 nitrogen and oxygen atoms in total. The van der Waals surface area contributed by atoms with Crippen LogP contribution in [0.15, 0.2) is 28.5 Å². The summed E-state index contributed by atoms with van der Waals surface area (Å²) in [7, 11) is -3.62. The molecule has 0 radical (unpaired) electrons. The van der Waals surface area contributed by atoms with Crippen molar-refractivity contribution in [1.82, 2.24) is 4.98 Å². The van der Waals surface area contributed by atoms with Crippen LogP contribution in [0.25, 0.3) is 0 Å². The molecule has 2 aromatic rings. The molecule has 1 aromatic heterocycles. The minimum atomic E-state index is -3.62. The number of nitrogen functional groups attached to an aromatic ring is 1. The fourth-order valence-corrected chi connectivity index (χ4v) is 4.24. The Kier molecular flexibility index (Phi) is 4.29. The predicted molar refractivity (Wildman–Crippen MR) is 82.5 cm³/mol. The summed E-state index contributed by atoms with van der Waals surface area (Å²) in [6.07, 6.45) is 2.04. The van der Waals surface area contributed by atoms with Gasteiger partial charge in [-0.3, -0.25) is 4.72 Å². The van der Waals surface area contributed by atoms with E-state index in [1.54, 1.807) is 19.1 Å². The molecule has 0 amide bonds. The van der Waals surface area contributed by atoms with Crippen LogP contribution in [-0.4, -0.2) is 13.4 Å². The number of thiazole rings is 1. The summed E-state index contributed by atoms with van der Waals surface area (Å²) < 4.78 is 27.2. The monoisotopic (exact) mass is 311 g/mol. The average Bonchev–Trinajstić information content (AvgIpc) is 2.72. The number of anilines is 2. The lowest BCUT2D eigenvalue weighted by atomic mass is 10.1. The van der Waals surface area contributed by atoms with Gasteiger partial charge < -0.3 is 5.73 Å². The average molecular weight is 311 g/mol. The highest BCUT2D eigenvalue weighted by Gasteiger charge is 2.21. The van der Waals surface area contributed by atoms with Crippen molar-refractivity contribution in [2.75, 3.05) is 10.5 Å². The predicted octanol–water partition coefficient (Wildman–Crippen LogP) is 2.79. The van der Waals surface area contributed by atoms with Crippen molar-refractivity contribution in [3.8, 4) is 0 Å². The molecule has 0 fully saturated rings. The van der Waals surface area contributed by atoms with Crippen LogP contribution in [0.4, 0.5) is 10.8 Å². The molecule has 1 heterocycles. The fraction of sp³-hybridized carbons (Fsp3) is 0.308. The Morgan fingerprint density at radius 1 is 1.30 bits per heavy atom. The van der Waals surface area contributed by atoms with E-state index in [4.69, 9.17) is 5.73 Å². The first kappa shape index (κ1) is 14.8. The minimum Gasteiger partial charge on any atom is -0.375 e. The van der Waals surface area contributed by atoms with E-state index in [1.165, 1.54) is 5.56 Å². The third-order valence-electron chi connectivity index (χ3n) is 2.76. The molecule has 2 rings (SSSR count). The summed E-state index contributed by atoms with van der Waals surface area (Å²) in [4.78, 5) is 3.93. The lowest BCUT2D eigenvalue weighted by Gasteiger charge is -2.07. The molecule has 0 bridgehead atoms. The molecule has 7 heteroatoms. The number of nitrogens with two attached hydrogens (primary N) is 1. The zero-order valence-electron chi connectivity index (χ0n) is 11.4. The molecule has 0 aliphatic rings. The SMILES string of the molecule is CCCc1ccc(NS(=O)(=O)c2sc(N)nc2C)cc1. The summed E-state index contributed by atoms with van der Waals surface area (Å²) >= 11 is 0.968. The number of hydrogen-bond donors (Lipinski definition) is 2. The summed E-state index contributed by atoms with van der Waals surface area (Å²) in [5.74, 6) is 0. The summed E-state index contributed by atoms with van der Waals surface area (Å²) in [5, 5.41) is 0.251. The quantitative estimate of drug-likeness (QED) is 0.889. The number of rotatable bonds is 5. The first-order valence-corrected chi connectivity index (χ1v) is 8.57. The van der Waals surface area contributed by atoms with Crippen LogP contribution in [0.2, 0.25) is 0 Å². The zero-order chi connectivity index (χ0) is 14.8. The number of sulfonamides is 1. The summed E-state index contributed by atoms with van der Waals surface area (Å²) in [5.41, 5.74) is 7.68. The van der Waals surface area contributed by atoms with Crippen LogP contribution >= 0.6 is 11.3 Å². The van der Waals surface area contributed by atoms with E-state index in [2.05, 4.69) is 16.6 Å². The van der Waals surface area contributed by atoms with Crippen molar-refractivity contribution in [1.29, 1.82) is 0 Å². The maximum atomic E-state index is 12.3. The van der Waals surface area contributed by atoms with Gasteiger partial charge in [-0.1, -0.05) is 36.8 Å². The molecule has 0 aliphatic carbocycles. The maximum absolute atomic E-state index is 12.3. The van der Waals surface area contributed by atoms with Crippen molar-refractivity contribution in [3.05, 3.63) is 35.5 Å². The van der Waals surface area contributed by atoms with Gasteiger partial charge in [0, 0.05) is 5.69 Å². The standard InChI is InChI=1S/C13H17N3O2S2/c1-3-4-10-5-7-11(8-6-10)16-20(17,18)12-9(2)15-13(14)19-12/h5-8,16H,3-4H2,1-2H3,(H2,14,15). The van der Waals surface area contributed by atoms with Crippen LogP contribution in [0, 0.1) is 6.92 Å². The highest BCUT2D eigenvalue weighted by molar-refractivity contribution is 7.94. The Labute approximate surface area is 122 Å². The van der Waals surface area contributed by atoms with Gasteiger partial charge in [0.1, 0.15) is 0 Å². The van der Waals surface area contributed by atoms with Crippen molar-refractivity contribution in [2.45, 2.75) is 30.9 Å². The van der Waals surface area contributed by atoms with E-state index in [0.29, 0.717) is 11.4 Å². The van der Waals surface area contributed by atoms with Gasteiger partial charge in [-0.05, 0) is 31.0 Å². The number of aryl methyl sites for hydroxylation is 2. The van der Waals surface area contributed by atoms with E-state index in [0.717, 1.165) is 24.2 Å². The molecule has 0 aliphatic heterocycles. The molecule has 0 atom stereocenters. The van der Waals surface area contributed by atoms with E-state index in [1.807, 2.05) is 12.1 Å². The fourth-order valence-electron chi connectivity index (χ4n) is 1.88. The van der Waals surface area contributed by atoms with Crippen LogP contribution in [0.3, 0.4) is 0 Å². The number of benzene rings is 1. The van der Waals surface area contributed by atoms with Crippen molar-refractivity contribution < 1.29 is 8.42 Å². The van der Waals surface area contributed by atoms with E-state index in [-0.39, 0.29) is 9.34 Å². The highest BCUT2D eigenvalue weighted by atomic mass is 32.2. The second-order valence-electron chi connectivity index (χ2n) is 4.48. The van der Waals surface area contributed by atoms with Gasteiger partial charge in [-0.25, -0.2) is 13.4 Å². The van der Waals surface area contributed by atoms with Crippen LogP contribution < -0.4 is 10.5 Å². The van der Waals surface area contributed by atoms with Gasteiger partial charge in [0.2, 0.25) is 0 Å². The van der Waals surface area contributed by atoms with Gasteiger partial charge in [0.25, 0.3) is 10.0 Å². The third kappa shape index (κ3) is 3.29. The first-order chi connectivity index (χ1) is 9.42. The Morgan fingerprint density at radius 3 is 2.45 bits per heavy atom. The minimum absolute atomic E-state index is 0.160. The van der Waals surface area contributed by atoms with Crippen LogP contribution in [0.5, 0.6) is 0 Å². The molecule has 1 aromatic carbocycles. The molecule has 108 valence electrons. The van der Waals surface area contributed by atoms with Gasteiger partial charge in [-0.15, -0.1) is 0 Å². The van der Waals surface area contributed by atoms with Gasteiger partial charge in [0.05, 0.1) is 5.69 Å². The molecule has 3 N–H and O–H groups in total. The molecule has 20 heavy (non-hydrogen) atoms. The number of aromatic nitrogens is 1. The van der Waals surface area contributed by atoms with Gasteiger partial charge in [0.15, 0.2) is 9.34 Å². The molecule has 0 saturated carbocycles. The van der Waals surface area contributed by atoms with Crippen LogP contribution in [-0.2, 0) is 16.4 Å². The Bertz CT molecular complexity index is 691. The third-order valence-corrected chi connectivity index (χ3v) is 5.74. The van der Waals surface area contributed by atoms with Crippen molar-refractivity contribution in [3.63, 3.8) is 0 Å². The number of nitrogens with one attached hydrogen (secondary N) is 1. The lowest BCUT2D eigenvalue weighted by molar-refractivity contribution is 0.602. The molecule has 0 saturated heterocycles. The maximum Gasteiger partial charge on any atom is 0.273 e. The second-order valence-corrected chi connectivity index (χ2v) is 7.39. The number of nitrogens with zero attached hydrogens (tertiary/aromatic N) is 1. The first-order valence-electron chi connectivity index (χ1n) is 6.27. The summed E-state index contributed by atoms with van der Waals surface area (Å²) in [6, 6.07) is 7.38. The smallest absolute Gasteiger partial charge is 0.273 e. The normalized spacial score (nSPS) is 11.5. The Hall–Kier alpha value is -1.60.